The second-order valence-electron chi connectivity index (χ2n) is 7.37. The van der Waals surface area contributed by atoms with Gasteiger partial charge in [-0.1, -0.05) is 18.9 Å². The molecule has 4 heterocycles. The summed E-state index contributed by atoms with van der Waals surface area (Å²) in [5.74, 6) is 0.663. The Kier molecular flexibility index (Phi) is 6.06. The molecule has 162 valence electrons. The van der Waals surface area contributed by atoms with Gasteiger partial charge >= 0.3 is 0 Å². The number of hydrogen-bond acceptors (Lipinski definition) is 8. The third kappa shape index (κ3) is 4.47. The van der Waals surface area contributed by atoms with Crippen molar-refractivity contribution in [3.05, 3.63) is 47.6 Å². The molecule has 10 heteroatoms. The van der Waals surface area contributed by atoms with Crippen LogP contribution in [0.4, 0.5) is 5.88 Å². The zero-order chi connectivity index (χ0) is 21.8. The number of aromatic nitrogens is 2. The van der Waals surface area contributed by atoms with E-state index >= 15 is 0 Å². The van der Waals surface area contributed by atoms with Crippen molar-refractivity contribution in [3.8, 4) is 17.7 Å². The molecule has 1 fully saturated rings. The Morgan fingerprint density at radius 2 is 2.00 bits per heavy atom. The van der Waals surface area contributed by atoms with Crippen molar-refractivity contribution in [2.75, 3.05) is 18.4 Å². The van der Waals surface area contributed by atoms with E-state index in [0.717, 1.165) is 31.2 Å². The average molecular weight is 442 g/mol. The van der Waals surface area contributed by atoms with Crippen molar-refractivity contribution in [2.24, 2.45) is 0 Å². The highest BCUT2D eigenvalue weighted by Crippen LogP contribution is 2.32. The standard InChI is InChI=1S/C21H23N5O4S/c1-15-19(31(27,28)26-9-4-2-3-5-10-26)11-18(29-15)21-25-17(12-22)20(30-21)24-14-16-7-6-8-23-13-16/h6-8,11,13,24H,2-5,9-10,14H2,1H3. The van der Waals surface area contributed by atoms with Crippen LogP contribution >= 0.6 is 0 Å². The molecule has 1 N–H and O–H groups in total. The number of anilines is 1. The van der Waals surface area contributed by atoms with E-state index < -0.39 is 10.0 Å². The molecule has 0 aromatic carbocycles. The molecular weight excluding hydrogens is 418 g/mol. The molecule has 0 saturated carbocycles. The summed E-state index contributed by atoms with van der Waals surface area (Å²) < 4.78 is 39.2. The number of oxazole rings is 1. The fourth-order valence-corrected chi connectivity index (χ4v) is 5.23. The monoisotopic (exact) mass is 441 g/mol. The van der Waals surface area contributed by atoms with E-state index in [4.69, 9.17) is 8.83 Å². The third-order valence-corrected chi connectivity index (χ3v) is 7.18. The summed E-state index contributed by atoms with van der Waals surface area (Å²) in [7, 11) is -3.68. The highest BCUT2D eigenvalue weighted by Gasteiger charge is 2.30. The van der Waals surface area contributed by atoms with Crippen LogP contribution < -0.4 is 5.32 Å². The number of nitrogens with zero attached hydrogens (tertiary/aromatic N) is 4. The molecule has 1 saturated heterocycles. The maximum absolute atomic E-state index is 13.1. The molecule has 0 aliphatic carbocycles. The fourth-order valence-electron chi connectivity index (χ4n) is 3.55. The Balaban J connectivity index is 1.59. The Labute approximate surface area is 180 Å². The number of rotatable bonds is 6. The normalized spacial score (nSPS) is 15.4. The van der Waals surface area contributed by atoms with Crippen LogP contribution in [-0.4, -0.2) is 35.8 Å². The van der Waals surface area contributed by atoms with Crippen LogP contribution in [0.2, 0.25) is 0 Å². The molecule has 3 aromatic rings. The Morgan fingerprint density at radius 3 is 2.68 bits per heavy atom. The van der Waals surface area contributed by atoms with Crippen LogP contribution in [0.1, 0.15) is 42.7 Å². The highest BCUT2D eigenvalue weighted by atomic mass is 32.2. The number of furan rings is 1. The lowest BCUT2D eigenvalue weighted by molar-refractivity contribution is 0.421. The summed E-state index contributed by atoms with van der Waals surface area (Å²) in [5, 5.41) is 12.4. The van der Waals surface area contributed by atoms with Gasteiger partial charge in [-0.25, -0.2) is 8.42 Å². The second kappa shape index (κ2) is 8.91. The lowest BCUT2D eigenvalue weighted by Gasteiger charge is -2.19. The second-order valence-corrected chi connectivity index (χ2v) is 9.28. The van der Waals surface area contributed by atoms with Gasteiger partial charge in [-0.15, -0.1) is 0 Å². The summed E-state index contributed by atoms with van der Waals surface area (Å²) in [5.41, 5.74) is 0.967. The number of pyridine rings is 1. The van der Waals surface area contributed by atoms with Gasteiger partial charge in [0.05, 0.1) is 0 Å². The Bertz CT molecular complexity index is 1190. The zero-order valence-electron chi connectivity index (χ0n) is 17.2. The molecule has 4 rings (SSSR count). The predicted octanol–water partition coefficient (Wildman–Crippen LogP) is 3.69. The van der Waals surface area contributed by atoms with Crippen LogP contribution in [0.25, 0.3) is 11.7 Å². The molecule has 0 bridgehead atoms. The van der Waals surface area contributed by atoms with E-state index in [1.807, 2.05) is 18.2 Å². The molecule has 0 atom stereocenters. The van der Waals surface area contributed by atoms with Crippen LogP contribution in [0.15, 0.2) is 44.3 Å². The first-order valence-corrected chi connectivity index (χ1v) is 11.6. The Morgan fingerprint density at radius 1 is 1.23 bits per heavy atom. The van der Waals surface area contributed by atoms with Crippen molar-refractivity contribution in [1.82, 2.24) is 14.3 Å². The van der Waals surface area contributed by atoms with Gasteiger partial charge in [0, 0.05) is 38.1 Å². The predicted molar refractivity (Wildman–Crippen MR) is 112 cm³/mol. The van der Waals surface area contributed by atoms with Gasteiger partial charge in [0.15, 0.2) is 5.76 Å². The summed E-state index contributed by atoms with van der Waals surface area (Å²) in [6, 6.07) is 7.10. The van der Waals surface area contributed by atoms with Crippen molar-refractivity contribution >= 4 is 15.9 Å². The topological polar surface area (TPSA) is 125 Å². The van der Waals surface area contributed by atoms with Gasteiger partial charge in [0.2, 0.25) is 21.6 Å². The molecule has 9 nitrogen and oxygen atoms in total. The minimum atomic E-state index is -3.68. The van der Waals surface area contributed by atoms with Crippen molar-refractivity contribution in [2.45, 2.75) is 44.0 Å². The number of nitriles is 1. The Hall–Kier alpha value is -3.16. The van der Waals surface area contributed by atoms with Gasteiger partial charge in [0.1, 0.15) is 16.7 Å². The summed E-state index contributed by atoms with van der Waals surface area (Å²) in [6.07, 6.45) is 7.13. The SMILES string of the molecule is Cc1oc(-c2nc(C#N)c(NCc3cccnc3)o2)cc1S(=O)(=O)N1CCCCCC1. The molecule has 1 aliphatic rings. The maximum Gasteiger partial charge on any atom is 0.266 e. The summed E-state index contributed by atoms with van der Waals surface area (Å²) in [6.45, 7) is 3.00. The lowest BCUT2D eigenvalue weighted by atomic mass is 10.2. The molecule has 1 aliphatic heterocycles. The maximum atomic E-state index is 13.1. The first-order valence-electron chi connectivity index (χ1n) is 10.1. The number of hydrogen-bond donors (Lipinski definition) is 1. The minimum absolute atomic E-state index is 0.0469. The number of sulfonamides is 1. The molecule has 0 amide bonds. The van der Waals surface area contributed by atoms with Gasteiger partial charge < -0.3 is 14.2 Å². The van der Waals surface area contributed by atoms with Gasteiger partial charge in [-0.05, 0) is 31.4 Å². The van der Waals surface area contributed by atoms with E-state index in [-0.39, 0.29) is 33.9 Å². The van der Waals surface area contributed by atoms with Gasteiger partial charge in [0.25, 0.3) is 5.89 Å². The van der Waals surface area contributed by atoms with E-state index in [1.54, 1.807) is 19.3 Å². The van der Waals surface area contributed by atoms with E-state index in [2.05, 4.69) is 15.3 Å². The summed E-state index contributed by atoms with van der Waals surface area (Å²) >= 11 is 0. The highest BCUT2D eigenvalue weighted by molar-refractivity contribution is 7.89. The quantitative estimate of drug-likeness (QED) is 0.614. The molecule has 0 radical (unpaired) electrons. The largest absolute Gasteiger partial charge is 0.455 e. The number of nitrogens with one attached hydrogen (secondary N) is 1. The lowest BCUT2D eigenvalue weighted by Crippen LogP contribution is -2.32. The van der Waals surface area contributed by atoms with E-state index in [9.17, 15) is 13.7 Å². The van der Waals surface area contributed by atoms with Crippen LogP contribution in [0.5, 0.6) is 0 Å². The molecule has 3 aromatic heterocycles. The van der Waals surface area contributed by atoms with Crippen molar-refractivity contribution < 1.29 is 17.3 Å². The van der Waals surface area contributed by atoms with E-state index in [0.29, 0.717) is 19.6 Å². The first kappa shape index (κ1) is 21.1. The van der Waals surface area contributed by atoms with Crippen LogP contribution in [-0.2, 0) is 16.6 Å². The van der Waals surface area contributed by atoms with Gasteiger partial charge in [-0.3, -0.25) is 4.98 Å². The van der Waals surface area contributed by atoms with Gasteiger partial charge in [-0.2, -0.15) is 14.6 Å². The van der Waals surface area contributed by atoms with Crippen molar-refractivity contribution in [3.63, 3.8) is 0 Å². The minimum Gasteiger partial charge on any atom is -0.455 e. The summed E-state index contributed by atoms with van der Waals surface area (Å²) in [4.78, 5) is 8.31. The van der Waals surface area contributed by atoms with Crippen molar-refractivity contribution in [1.29, 1.82) is 5.26 Å². The molecule has 0 spiro atoms. The molecular formula is C21H23N5O4S. The van der Waals surface area contributed by atoms with Crippen LogP contribution in [0, 0.1) is 18.3 Å². The fraction of sp³-hybridized carbons (Fsp3) is 0.381. The smallest absolute Gasteiger partial charge is 0.266 e. The molecule has 0 unspecified atom stereocenters. The number of aryl methyl sites for hydroxylation is 1. The zero-order valence-corrected chi connectivity index (χ0v) is 18.0. The molecule has 31 heavy (non-hydrogen) atoms. The third-order valence-electron chi connectivity index (χ3n) is 5.17. The van der Waals surface area contributed by atoms with E-state index in [1.165, 1.54) is 10.4 Å². The first-order chi connectivity index (χ1) is 15.0. The average Bonchev–Trinajstić information content (AvgIpc) is 3.25. The van der Waals surface area contributed by atoms with Crippen LogP contribution in [0.3, 0.4) is 0 Å².